The molecule has 0 bridgehead atoms. The van der Waals surface area contributed by atoms with E-state index in [1.54, 1.807) is 34.9 Å². The van der Waals surface area contributed by atoms with Gasteiger partial charge in [-0.2, -0.15) is 5.26 Å². The number of fused-ring (bicyclic) bond motifs is 1. The number of nitrogens with two attached hydrogens (primary N) is 1. The Labute approximate surface area is 127 Å². The minimum atomic E-state index is -0.312. The quantitative estimate of drug-likeness (QED) is 0.662. The zero-order valence-corrected chi connectivity index (χ0v) is 12.3. The normalized spacial score (nSPS) is 10.7. The SMILES string of the molecule is N#Cc1ccc(-n2c(N)nc3cc(I)c(F)cc32)cc1. The molecule has 0 aliphatic carbocycles. The van der Waals surface area contributed by atoms with Gasteiger partial charge in [0.15, 0.2) is 0 Å². The molecule has 2 aromatic carbocycles. The van der Waals surface area contributed by atoms with Crippen LogP contribution in [0.4, 0.5) is 10.3 Å². The van der Waals surface area contributed by atoms with Gasteiger partial charge in [0, 0.05) is 11.8 Å². The number of nitrogen functional groups attached to an aromatic ring is 1. The molecule has 0 spiro atoms. The molecule has 1 heterocycles. The van der Waals surface area contributed by atoms with Gasteiger partial charge in [-0.05, 0) is 52.9 Å². The highest BCUT2D eigenvalue weighted by Gasteiger charge is 2.13. The van der Waals surface area contributed by atoms with Crippen LogP contribution < -0.4 is 5.73 Å². The Morgan fingerprint density at radius 3 is 2.60 bits per heavy atom. The van der Waals surface area contributed by atoms with Crippen LogP contribution in [-0.2, 0) is 0 Å². The lowest BCUT2D eigenvalue weighted by molar-refractivity contribution is 0.622. The van der Waals surface area contributed by atoms with E-state index in [0.717, 1.165) is 5.69 Å². The third-order valence-electron chi connectivity index (χ3n) is 2.98. The van der Waals surface area contributed by atoms with Gasteiger partial charge in [-0.1, -0.05) is 0 Å². The number of aromatic nitrogens is 2. The van der Waals surface area contributed by atoms with Gasteiger partial charge in [0.25, 0.3) is 0 Å². The maximum atomic E-state index is 13.7. The van der Waals surface area contributed by atoms with Crippen molar-refractivity contribution >= 4 is 39.6 Å². The van der Waals surface area contributed by atoms with E-state index in [9.17, 15) is 4.39 Å². The monoisotopic (exact) mass is 378 g/mol. The zero-order chi connectivity index (χ0) is 14.3. The van der Waals surface area contributed by atoms with Crippen LogP contribution in [0.25, 0.3) is 16.7 Å². The highest BCUT2D eigenvalue weighted by molar-refractivity contribution is 14.1. The van der Waals surface area contributed by atoms with E-state index in [0.29, 0.717) is 20.2 Å². The van der Waals surface area contributed by atoms with Gasteiger partial charge >= 0.3 is 0 Å². The van der Waals surface area contributed by atoms with E-state index in [-0.39, 0.29) is 11.8 Å². The molecular weight excluding hydrogens is 370 g/mol. The molecular formula is C14H8FIN4. The number of hydrogen-bond donors (Lipinski definition) is 1. The summed E-state index contributed by atoms with van der Waals surface area (Å²) in [6.45, 7) is 0. The van der Waals surface area contributed by atoms with Crippen molar-refractivity contribution in [2.24, 2.45) is 0 Å². The van der Waals surface area contributed by atoms with Gasteiger partial charge in [0.05, 0.1) is 26.2 Å². The van der Waals surface area contributed by atoms with E-state index in [1.165, 1.54) is 6.07 Å². The second kappa shape index (κ2) is 4.76. The predicted molar refractivity (Wildman–Crippen MR) is 82.9 cm³/mol. The predicted octanol–water partition coefficient (Wildman–Crippen LogP) is 3.22. The molecule has 2 N–H and O–H groups in total. The van der Waals surface area contributed by atoms with Crippen molar-refractivity contribution < 1.29 is 4.39 Å². The lowest BCUT2D eigenvalue weighted by Crippen LogP contribution is -2.00. The minimum absolute atomic E-state index is 0.283. The Bertz CT molecular complexity index is 846. The van der Waals surface area contributed by atoms with E-state index < -0.39 is 0 Å². The molecule has 0 atom stereocenters. The second-order valence-electron chi connectivity index (χ2n) is 4.22. The fraction of sp³-hybridized carbons (Fsp3) is 0. The third-order valence-corrected chi connectivity index (χ3v) is 3.80. The summed E-state index contributed by atoms with van der Waals surface area (Å²) < 4.78 is 15.9. The Balaban J connectivity index is 2.27. The molecule has 3 aromatic rings. The Morgan fingerprint density at radius 2 is 1.95 bits per heavy atom. The van der Waals surface area contributed by atoms with Gasteiger partial charge in [-0.25, -0.2) is 9.37 Å². The molecule has 4 nitrogen and oxygen atoms in total. The number of hydrogen-bond acceptors (Lipinski definition) is 3. The first-order valence-electron chi connectivity index (χ1n) is 5.73. The van der Waals surface area contributed by atoms with Crippen molar-refractivity contribution in [1.82, 2.24) is 9.55 Å². The lowest BCUT2D eigenvalue weighted by atomic mass is 10.2. The second-order valence-corrected chi connectivity index (χ2v) is 5.38. The molecule has 0 saturated carbocycles. The van der Waals surface area contributed by atoms with Gasteiger partial charge in [-0.15, -0.1) is 0 Å². The van der Waals surface area contributed by atoms with Crippen molar-refractivity contribution in [1.29, 1.82) is 5.26 Å². The molecule has 0 amide bonds. The summed E-state index contributed by atoms with van der Waals surface area (Å²) in [4.78, 5) is 4.24. The first-order valence-corrected chi connectivity index (χ1v) is 6.81. The standard InChI is InChI=1S/C14H8FIN4/c15-10-5-13-12(6-11(10)16)19-14(18)20(13)9-3-1-8(7-17)2-4-9/h1-6H,(H2,18,19). The van der Waals surface area contributed by atoms with Crippen molar-refractivity contribution in [3.8, 4) is 11.8 Å². The van der Waals surface area contributed by atoms with E-state index >= 15 is 0 Å². The van der Waals surface area contributed by atoms with Gasteiger partial charge in [0.1, 0.15) is 5.82 Å². The highest BCUT2D eigenvalue weighted by Crippen LogP contribution is 2.26. The van der Waals surface area contributed by atoms with Crippen molar-refractivity contribution in [3.63, 3.8) is 0 Å². The Hall–Kier alpha value is -2.14. The largest absolute Gasteiger partial charge is 0.369 e. The number of benzene rings is 2. The fourth-order valence-corrected chi connectivity index (χ4v) is 2.50. The minimum Gasteiger partial charge on any atom is -0.369 e. The molecule has 0 unspecified atom stereocenters. The van der Waals surface area contributed by atoms with Crippen LogP contribution in [0.5, 0.6) is 0 Å². The summed E-state index contributed by atoms with van der Waals surface area (Å²) in [5, 5.41) is 8.81. The van der Waals surface area contributed by atoms with Crippen LogP contribution in [-0.4, -0.2) is 9.55 Å². The molecule has 0 aliphatic rings. The Morgan fingerprint density at radius 1 is 1.25 bits per heavy atom. The van der Waals surface area contributed by atoms with Crippen LogP contribution in [0.3, 0.4) is 0 Å². The molecule has 3 rings (SSSR count). The fourth-order valence-electron chi connectivity index (χ4n) is 2.05. The molecule has 0 aliphatic heterocycles. The summed E-state index contributed by atoms with van der Waals surface area (Å²) in [6, 6.07) is 12.0. The lowest BCUT2D eigenvalue weighted by Gasteiger charge is -2.06. The first-order chi connectivity index (χ1) is 9.60. The summed E-state index contributed by atoms with van der Waals surface area (Å²) in [6.07, 6.45) is 0. The molecule has 0 fully saturated rings. The number of nitriles is 1. The smallest absolute Gasteiger partial charge is 0.205 e. The number of nitrogens with zero attached hydrogens (tertiary/aromatic N) is 3. The van der Waals surface area contributed by atoms with Crippen molar-refractivity contribution in [2.45, 2.75) is 0 Å². The summed E-state index contributed by atoms with van der Waals surface area (Å²) in [7, 11) is 0. The summed E-state index contributed by atoms with van der Waals surface area (Å²) >= 11 is 1.92. The van der Waals surface area contributed by atoms with Crippen molar-refractivity contribution in [3.05, 3.63) is 51.3 Å². The molecule has 20 heavy (non-hydrogen) atoms. The average molecular weight is 378 g/mol. The van der Waals surface area contributed by atoms with Crippen molar-refractivity contribution in [2.75, 3.05) is 5.73 Å². The maximum Gasteiger partial charge on any atom is 0.205 e. The number of imidazole rings is 1. The molecule has 6 heteroatoms. The number of halogens is 2. The molecule has 0 radical (unpaired) electrons. The number of anilines is 1. The maximum absolute atomic E-state index is 13.7. The highest BCUT2D eigenvalue weighted by atomic mass is 127. The van der Waals surface area contributed by atoms with Gasteiger partial charge in [0.2, 0.25) is 5.95 Å². The van der Waals surface area contributed by atoms with E-state index in [4.69, 9.17) is 11.0 Å². The molecule has 0 saturated heterocycles. The van der Waals surface area contributed by atoms with E-state index in [1.807, 2.05) is 22.6 Å². The third kappa shape index (κ3) is 2.00. The van der Waals surface area contributed by atoms with E-state index in [2.05, 4.69) is 11.1 Å². The zero-order valence-electron chi connectivity index (χ0n) is 10.1. The van der Waals surface area contributed by atoms with Crippen LogP contribution in [0.15, 0.2) is 36.4 Å². The molecule has 1 aromatic heterocycles. The molecule has 98 valence electrons. The van der Waals surface area contributed by atoms with Gasteiger partial charge < -0.3 is 5.73 Å². The van der Waals surface area contributed by atoms with Crippen LogP contribution in [0.1, 0.15) is 5.56 Å². The van der Waals surface area contributed by atoms with Crippen LogP contribution in [0.2, 0.25) is 0 Å². The summed E-state index contributed by atoms with van der Waals surface area (Å²) in [5.41, 5.74) is 8.45. The van der Waals surface area contributed by atoms with Crippen LogP contribution >= 0.6 is 22.6 Å². The Kier molecular flexibility index (Phi) is 3.06. The topological polar surface area (TPSA) is 67.6 Å². The first kappa shape index (κ1) is 12.9. The average Bonchev–Trinajstić information content (AvgIpc) is 2.75. The van der Waals surface area contributed by atoms with Gasteiger partial charge in [-0.3, -0.25) is 4.57 Å². The van der Waals surface area contributed by atoms with Crippen LogP contribution in [0, 0.1) is 20.7 Å². The summed E-state index contributed by atoms with van der Waals surface area (Å²) in [5.74, 6) is -0.0287. The number of rotatable bonds is 1.